The van der Waals surface area contributed by atoms with Gasteiger partial charge in [-0.05, 0) is 51.6 Å². The number of carbonyl (C=O) groups is 2. The summed E-state index contributed by atoms with van der Waals surface area (Å²) in [5.41, 5.74) is 1.16. The summed E-state index contributed by atoms with van der Waals surface area (Å²) >= 11 is 0. The molecular formula is C21H35N5O2. The minimum absolute atomic E-state index is 0.125. The van der Waals surface area contributed by atoms with Crippen molar-refractivity contribution in [3.63, 3.8) is 0 Å². The van der Waals surface area contributed by atoms with Gasteiger partial charge in [0.2, 0.25) is 0 Å². The average molecular weight is 390 g/mol. The van der Waals surface area contributed by atoms with Crippen LogP contribution in [0.5, 0.6) is 0 Å². The lowest BCUT2D eigenvalue weighted by Gasteiger charge is -2.20. The number of rotatable bonds is 9. The second kappa shape index (κ2) is 11.0. The molecule has 1 aliphatic heterocycles. The van der Waals surface area contributed by atoms with E-state index in [2.05, 4.69) is 53.4 Å². The lowest BCUT2D eigenvalue weighted by molar-refractivity contribution is 0.0949. The standard InChI is InChI=1S/C21H35N5O2/c1-5-25(6-2)13-11-22-20(27)17-8-7-9-18(14-17)23-21(28)24-19-10-12-26(15-19)16(3)4/h7-9,14,16,19H,5-6,10-13,15H2,1-4H3,(H,22,27)(H2,23,24,28). The Kier molecular flexibility index (Phi) is 8.73. The molecule has 1 aromatic rings. The molecular weight excluding hydrogens is 354 g/mol. The van der Waals surface area contributed by atoms with E-state index in [1.54, 1.807) is 24.3 Å². The van der Waals surface area contributed by atoms with Crippen molar-refractivity contribution < 1.29 is 9.59 Å². The Morgan fingerprint density at radius 1 is 1.25 bits per heavy atom. The Labute approximate surface area is 168 Å². The maximum absolute atomic E-state index is 12.4. The van der Waals surface area contributed by atoms with E-state index in [0.29, 0.717) is 23.8 Å². The molecule has 2 rings (SSSR count). The van der Waals surface area contributed by atoms with Crippen LogP contribution in [0.25, 0.3) is 0 Å². The molecule has 1 fully saturated rings. The molecule has 1 heterocycles. The van der Waals surface area contributed by atoms with Crippen molar-refractivity contribution >= 4 is 17.6 Å². The summed E-state index contributed by atoms with van der Waals surface area (Å²) in [7, 11) is 0. The number of hydrogen-bond donors (Lipinski definition) is 3. The van der Waals surface area contributed by atoms with Crippen LogP contribution in [0.4, 0.5) is 10.5 Å². The molecule has 1 atom stereocenters. The van der Waals surface area contributed by atoms with Crippen molar-refractivity contribution in [1.82, 2.24) is 20.4 Å². The largest absolute Gasteiger partial charge is 0.351 e. The van der Waals surface area contributed by atoms with Crippen LogP contribution in [-0.2, 0) is 0 Å². The quantitative estimate of drug-likeness (QED) is 0.606. The minimum Gasteiger partial charge on any atom is -0.351 e. The molecule has 1 aliphatic rings. The van der Waals surface area contributed by atoms with E-state index >= 15 is 0 Å². The molecule has 1 saturated heterocycles. The van der Waals surface area contributed by atoms with Crippen molar-refractivity contribution in [1.29, 1.82) is 0 Å². The lowest BCUT2D eigenvalue weighted by atomic mass is 10.2. The molecule has 3 amide bonds. The monoisotopic (exact) mass is 389 g/mol. The van der Waals surface area contributed by atoms with Gasteiger partial charge in [0, 0.05) is 49.5 Å². The number of urea groups is 1. The number of benzene rings is 1. The van der Waals surface area contributed by atoms with E-state index < -0.39 is 0 Å². The number of hydrogen-bond acceptors (Lipinski definition) is 4. The van der Waals surface area contributed by atoms with Gasteiger partial charge in [0.15, 0.2) is 0 Å². The minimum atomic E-state index is -0.227. The van der Waals surface area contributed by atoms with Crippen LogP contribution in [-0.4, -0.2) is 73.1 Å². The summed E-state index contributed by atoms with van der Waals surface area (Å²) in [6, 6.07) is 7.47. The van der Waals surface area contributed by atoms with Crippen molar-refractivity contribution in [2.75, 3.05) is 44.6 Å². The fourth-order valence-electron chi connectivity index (χ4n) is 3.43. The number of likely N-dealkylation sites (tertiary alicyclic amines) is 1. The van der Waals surface area contributed by atoms with Crippen LogP contribution in [0.2, 0.25) is 0 Å². The van der Waals surface area contributed by atoms with Crippen molar-refractivity contribution in [3.8, 4) is 0 Å². The highest BCUT2D eigenvalue weighted by molar-refractivity contribution is 5.96. The van der Waals surface area contributed by atoms with Gasteiger partial charge in [-0.25, -0.2) is 4.79 Å². The summed E-state index contributed by atoms with van der Waals surface area (Å²) in [6.07, 6.45) is 0.959. The Hall–Kier alpha value is -2.12. The fraction of sp³-hybridized carbons (Fsp3) is 0.619. The van der Waals surface area contributed by atoms with E-state index in [-0.39, 0.29) is 18.0 Å². The number of carbonyl (C=O) groups excluding carboxylic acids is 2. The molecule has 0 bridgehead atoms. The molecule has 1 unspecified atom stereocenters. The second-order valence-electron chi connectivity index (χ2n) is 7.54. The molecule has 1 aromatic carbocycles. The fourth-order valence-corrected chi connectivity index (χ4v) is 3.43. The Morgan fingerprint density at radius 3 is 2.64 bits per heavy atom. The zero-order valence-corrected chi connectivity index (χ0v) is 17.6. The first kappa shape index (κ1) is 22.2. The molecule has 0 radical (unpaired) electrons. The third kappa shape index (κ3) is 6.80. The van der Waals surface area contributed by atoms with E-state index in [9.17, 15) is 9.59 Å². The highest BCUT2D eigenvalue weighted by atomic mass is 16.2. The molecule has 7 heteroatoms. The molecule has 0 aromatic heterocycles. The number of likely N-dealkylation sites (N-methyl/N-ethyl adjacent to an activating group) is 1. The van der Waals surface area contributed by atoms with E-state index in [0.717, 1.165) is 39.1 Å². The molecule has 0 saturated carbocycles. The summed E-state index contributed by atoms with van der Waals surface area (Å²) in [5, 5.41) is 8.80. The number of nitrogens with one attached hydrogen (secondary N) is 3. The number of amides is 3. The van der Waals surface area contributed by atoms with E-state index in [1.807, 2.05) is 0 Å². The van der Waals surface area contributed by atoms with Gasteiger partial charge in [-0.3, -0.25) is 9.69 Å². The van der Waals surface area contributed by atoms with Crippen LogP contribution < -0.4 is 16.0 Å². The van der Waals surface area contributed by atoms with Crippen molar-refractivity contribution in [2.24, 2.45) is 0 Å². The first-order valence-corrected chi connectivity index (χ1v) is 10.3. The zero-order valence-electron chi connectivity index (χ0n) is 17.6. The normalized spacial score (nSPS) is 17.1. The van der Waals surface area contributed by atoms with E-state index in [1.165, 1.54) is 0 Å². The van der Waals surface area contributed by atoms with Gasteiger partial charge in [-0.15, -0.1) is 0 Å². The number of nitrogens with zero attached hydrogens (tertiary/aromatic N) is 2. The first-order valence-electron chi connectivity index (χ1n) is 10.3. The second-order valence-corrected chi connectivity index (χ2v) is 7.54. The smallest absolute Gasteiger partial charge is 0.319 e. The molecule has 0 aliphatic carbocycles. The Morgan fingerprint density at radius 2 is 2.00 bits per heavy atom. The average Bonchev–Trinajstić information content (AvgIpc) is 3.14. The Balaban J connectivity index is 1.82. The molecule has 0 spiro atoms. The highest BCUT2D eigenvalue weighted by Crippen LogP contribution is 2.14. The maximum Gasteiger partial charge on any atom is 0.319 e. The third-order valence-electron chi connectivity index (χ3n) is 5.28. The van der Waals surface area contributed by atoms with Gasteiger partial charge in [0.1, 0.15) is 0 Å². The van der Waals surface area contributed by atoms with Crippen LogP contribution in [0, 0.1) is 0 Å². The summed E-state index contributed by atoms with van der Waals surface area (Å²) in [4.78, 5) is 29.3. The van der Waals surface area contributed by atoms with Crippen LogP contribution in [0.15, 0.2) is 24.3 Å². The topological polar surface area (TPSA) is 76.7 Å². The molecule has 3 N–H and O–H groups in total. The third-order valence-corrected chi connectivity index (χ3v) is 5.28. The predicted octanol–water partition coefficient (Wildman–Crippen LogP) is 2.36. The van der Waals surface area contributed by atoms with Crippen molar-refractivity contribution in [2.45, 2.75) is 46.2 Å². The van der Waals surface area contributed by atoms with Gasteiger partial charge in [-0.2, -0.15) is 0 Å². The van der Waals surface area contributed by atoms with Crippen molar-refractivity contribution in [3.05, 3.63) is 29.8 Å². The van der Waals surface area contributed by atoms with Gasteiger partial charge in [0.05, 0.1) is 0 Å². The summed E-state index contributed by atoms with van der Waals surface area (Å²) in [6.45, 7) is 13.8. The summed E-state index contributed by atoms with van der Waals surface area (Å²) < 4.78 is 0. The van der Waals surface area contributed by atoms with Gasteiger partial charge in [0.25, 0.3) is 5.91 Å². The van der Waals surface area contributed by atoms with Crippen LogP contribution >= 0.6 is 0 Å². The Bertz CT molecular complexity index is 645. The first-order chi connectivity index (χ1) is 13.4. The van der Waals surface area contributed by atoms with Crippen LogP contribution in [0.1, 0.15) is 44.5 Å². The molecule has 156 valence electrons. The SMILES string of the molecule is CCN(CC)CCNC(=O)c1cccc(NC(=O)NC2CCN(C(C)C)C2)c1. The van der Waals surface area contributed by atoms with E-state index in [4.69, 9.17) is 0 Å². The zero-order chi connectivity index (χ0) is 20.5. The highest BCUT2D eigenvalue weighted by Gasteiger charge is 2.25. The summed E-state index contributed by atoms with van der Waals surface area (Å²) in [5.74, 6) is -0.125. The molecule has 28 heavy (non-hydrogen) atoms. The maximum atomic E-state index is 12.4. The van der Waals surface area contributed by atoms with Gasteiger partial charge >= 0.3 is 6.03 Å². The molecule has 7 nitrogen and oxygen atoms in total. The van der Waals surface area contributed by atoms with Gasteiger partial charge < -0.3 is 20.9 Å². The predicted molar refractivity (Wildman–Crippen MR) is 114 cm³/mol. The van der Waals surface area contributed by atoms with Crippen LogP contribution in [0.3, 0.4) is 0 Å². The number of anilines is 1. The lowest BCUT2D eigenvalue weighted by Crippen LogP contribution is -2.40. The van der Waals surface area contributed by atoms with Gasteiger partial charge in [-0.1, -0.05) is 19.9 Å².